The van der Waals surface area contributed by atoms with Crippen molar-refractivity contribution in [3.8, 4) is 5.75 Å². The lowest BCUT2D eigenvalue weighted by atomic mass is 10.2. The first-order valence-corrected chi connectivity index (χ1v) is 9.75. The molecule has 152 valence electrons. The van der Waals surface area contributed by atoms with Crippen LogP contribution in [-0.2, 0) is 22.6 Å². The summed E-state index contributed by atoms with van der Waals surface area (Å²) in [6, 6.07) is 15.0. The van der Waals surface area contributed by atoms with Gasteiger partial charge in [0.1, 0.15) is 18.1 Å². The lowest BCUT2D eigenvalue weighted by molar-refractivity contribution is -0.120. The molecule has 0 unspecified atom stereocenters. The number of amides is 2. The summed E-state index contributed by atoms with van der Waals surface area (Å²) in [5.74, 6) is 1.42. The number of nitrogens with zero attached hydrogens (tertiary/aromatic N) is 2. The number of para-hydroxylation sites is 2. The Labute approximate surface area is 170 Å². The van der Waals surface area contributed by atoms with Gasteiger partial charge in [0, 0.05) is 31.1 Å². The SMILES string of the molecule is CCC(=O)NCCCc1nc2ccccc2n1CC(=O)Nc1cccc(OC)c1. The van der Waals surface area contributed by atoms with Crippen LogP contribution in [0, 0.1) is 0 Å². The van der Waals surface area contributed by atoms with Gasteiger partial charge >= 0.3 is 0 Å². The number of imidazole rings is 1. The van der Waals surface area contributed by atoms with Gasteiger partial charge in [-0.2, -0.15) is 0 Å². The Kier molecular flexibility index (Phi) is 6.84. The number of hydrogen-bond donors (Lipinski definition) is 2. The van der Waals surface area contributed by atoms with Crippen molar-refractivity contribution < 1.29 is 14.3 Å². The lowest BCUT2D eigenvalue weighted by Gasteiger charge is -2.11. The maximum atomic E-state index is 12.7. The third kappa shape index (κ3) is 5.34. The van der Waals surface area contributed by atoms with Gasteiger partial charge in [-0.25, -0.2) is 4.98 Å². The Morgan fingerprint density at radius 1 is 1.10 bits per heavy atom. The molecular weight excluding hydrogens is 368 g/mol. The molecule has 0 fully saturated rings. The Balaban J connectivity index is 1.72. The minimum absolute atomic E-state index is 0.0381. The van der Waals surface area contributed by atoms with Crippen LogP contribution in [0.3, 0.4) is 0 Å². The normalized spacial score (nSPS) is 10.7. The summed E-state index contributed by atoms with van der Waals surface area (Å²) in [7, 11) is 1.59. The van der Waals surface area contributed by atoms with Gasteiger partial charge in [-0.3, -0.25) is 9.59 Å². The van der Waals surface area contributed by atoms with E-state index < -0.39 is 0 Å². The van der Waals surface area contributed by atoms with E-state index in [1.165, 1.54) is 0 Å². The molecule has 0 bridgehead atoms. The van der Waals surface area contributed by atoms with Crippen LogP contribution in [0.1, 0.15) is 25.6 Å². The van der Waals surface area contributed by atoms with Gasteiger partial charge in [0.15, 0.2) is 0 Å². The van der Waals surface area contributed by atoms with Crippen molar-refractivity contribution in [2.45, 2.75) is 32.7 Å². The van der Waals surface area contributed by atoms with E-state index in [1.807, 2.05) is 54.0 Å². The molecule has 0 aliphatic rings. The van der Waals surface area contributed by atoms with Crippen molar-refractivity contribution in [2.75, 3.05) is 19.0 Å². The second-order valence-corrected chi connectivity index (χ2v) is 6.69. The summed E-state index contributed by atoms with van der Waals surface area (Å²) < 4.78 is 7.14. The molecular formula is C22H26N4O3. The van der Waals surface area contributed by atoms with E-state index >= 15 is 0 Å². The molecule has 2 aromatic carbocycles. The highest BCUT2D eigenvalue weighted by Crippen LogP contribution is 2.19. The fraction of sp³-hybridized carbons (Fsp3) is 0.318. The van der Waals surface area contributed by atoms with Crippen molar-refractivity contribution in [1.29, 1.82) is 0 Å². The zero-order chi connectivity index (χ0) is 20.6. The first-order valence-electron chi connectivity index (χ1n) is 9.75. The molecule has 2 N–H and O–H groups in total. The van der Waals surface area contributed by atoms with E-state index in [4.69, 9.17) is 4.74 Å². The molecule has 0 aliphatic heterocycles. The zero-order valence-corrected chi connectivity index (χ0v) is 16.8. The number of fused-ring (bicyclic) bond motifs is 1. The summed E-state index contributed by atoms with van der Waals surface area (Å²) in [5, 5.41) is 5.79. The molecule has 0 saturated heterocycles. The van der Waals surface area contributed by atoms with Gasteiger partial charge in [-0.15, -0.1) is 0 Å². The average Bonchev–Trinajstić information content (AvgIpc) is 3.08. The third-order valence-electron chi connectivity index (χ3n) is 4.61. The molecule has 0 saturated carbocycles. The number of nitrogens with one attached hydrogen (secondary N) is 2. The van der Waals surface area contributed by atoms with Crippen LogP contribution < -0.4 is 15.4 Å². The predicted molar refractivity (Wildman–Crippen MR) is 113 cm³/mol. The third-order valence-corrected chi connectivity index (χ3v) is 4.61. The number of aryl methyl sites for hydroxylation is 1. The highest BCUT2D eigenvalue weighted by molar-refractivity contribution is 5.92. The number of hydrogen-bond acceptors (Lipinski definition) is 4. The summed E-state index contributed by atoms with van der Waals surface area (Å²) in [6.07, 6.45) is 1.90. The maximum absolute atomic E-state index is 12.7. The van der Waals surface area contributed by atoms with Gasteiger partial charge in [-0.1, -0.05) is 25.1 Å². The number of methoxy groups -OCH3 is 1. The van der Waals surface area contributed by atoms with Crippen LogP contribution in [0.2, 0.25) is 0 Å². The highest BCUT2D eigenvalue weighted by atomic mass is 16.5. The predicted octanol–water partition coefficient (Wildman–Crippen LogP) is 3.14. The van der Waals surface area contributed by atoms with Crippen LogP contribution >= 0.6 is 0 Å². The molecule has 0 radical (unpaired) electrons. The Hall–Kier alpha value is -3.35. The molecule has 2 amide bonds. The monoisotopic (exact) mass is 394 g/mol. The van der Waals surface area contributed by atoms with Crippen molar-refractivity contribution in [3.05, 3.63) is 54.4 Å². The number of rotatable bonds is 9. The molecule has 7 heteroatoms. The Morgan fingerprint density at radius 2 is 1.93 bits per heavy atom. The summed E-state index contributed by atoms with van der Waals surface area (Å²) in [6.45, 7) is 2.58. The molecule has 7 nitrogen and oxygen atoms in total. The van der Waals surface area contributed by atoms with Gasteiger partial charge in [0.05, 0.1) is 18.1 Å². The van der Waals surface area contributed by atoms with Crippen LogP contribution in [0.25, 0.3) is 11.0 Å². The second kappa shape index (κ2) is 9.73. The minimum atomic E-state index is -0.137. The number of benzene rings is 2. The lowest BCUT2D eigenvalue weighted by Crippen LogP contribution is -2.24. The van der Waals surface area contributed by atoms with Crippen molar-refractivity contribution in [2.24, 2.45) is 0 Å². The van der Waals surface area contributed by atoms with Gasteiger partial charge in [0.2, 0.25) is 11.8 Å². The molecule has 3 rings (SSSR count). The van der Waals surface area contributed by atoms with Gasteiger partial charge in [0.25, 0.3) is 0 Å². The van der Waals surface area contributed by atoms with E-state index in [2.05, 4.69) is 15.6 Å². The fourth-order valence-corrected chi connectivity index (χ4v) is 3.14. The number of ether oxygens (including phenoxy) is 1. The van der Waals surface area contributed by atoms with E-state index in [1.54, 1.807) is 13.2 Å². The molecule has 0 atom stereocenters. The molecule has 0 spiro atoms. The summed E-state index contributed by atoms with van der Waals surface area (Å²) in [4.78, 5) is 28.8. The van der Waals surface area contributed by atoms with Crippen LogP contribution in [-0.4, -0.2) is 35.0 Å². The van der Waals surface area contributed by atoms with E-state index in [0.29, 0.717) is 30.8 Å². The first-order chi connectivity index (χ1) is 14.1. The molecule has 0 aliphatic carbocycles. The first kappa shape index (κ1) is 20.4. The van der Waals surface area contributed by atoms with Crippen molar-refractivity contribution in [1.82, 2.24) is 14.9 Å². The number of anilines is 1. The number of carbonyl (C=O) groups is 2. The van der Waals surface area contributed by atoms with Gasteiger partial charge in [-0.05, 0) is 30.7 Å². The van der Waals surface area contributed by atoms with E-state index in [9.17, 15) is 9.59 Å². The second-order valence-electron chi connectivity index (χ2n) is 6.69. The van der Waals surface area contributed by atoms with E-state index in [0.717, 1.165) is 23.3 Å². The van der Waals surface area contributed by atoms with E-state index in [-0.39, 0.29) is 18.4 Å². The van der Waals surface area contributed by atoms with Gasteiger partial charge < -0.3 is 19.9 Å². The minimum Gasteiger partial charge on any atom is -0.497 e. The standard InChI is InChI=1S/C22H26N4O3/c1-3-21(27)23-13-7-12-20-25-18-10-4-5-11-19(18)26(20)15-22(28)24-16-8-6-9-17(14-16)29-2/h4-6,8-11,14H,3,7,12-13,15H2,1-2H3,(H,23,27)(H,24,28). The molecule has 1 heterocycles. The zero-order valence-electron chi connectivity index (χ0n) is 16.8. The molecule has 29 heavy (non-hydrogen) atoms. The number of aromatic nitrogens is 2. The van der Waals surface area contributed by atoms with Crippen molar-refractivity contribution in [3.63, 3.8) is 0 Å². The smallest absolute Gasteiger partial charge is 0.244 e. The molecule has 3 aromatic rings. The highest BCUT2D eigenvalue weighted by Gasteiger charge is 2.14. The summed E-state index contributed by atoms with van der Waals surface area (Å²) >= 11 is 0. The Bertz CT molecular complexity index is 997. The maximum Gasteiger partial charge on any atom is 0.244 e. The topological polar surface area (TPSA) is 85.2 Å². The summed E-state index contributed by atoms with van der Waals surface area (Å²) in [5.41, 5.74) is 2.46. The van der Waals surface area contributed by atoms with Crippen LogP contribution in [0.15, 0.2) is 48.5 Å². The quantitative estimate of drug-likeness (QED) is 0.546. The average molecular weight is 394 g/mol. The Morgan fingerprint density at radius 3 is 2.72 bits per heavy atom. The van der Waals surface area contributed by atoms with Crippen molar-refractivity contribution >= 4 is 28.5 Å². The number of carbonyl (C=O) groups excluding carboxylic acids is 2. The molecule has 1 aromatic heterocycles. The fourth-order valence-electron chi connectivity index (χ4n) is 3.14. The largest absolute Gasteiger partial charge is 0.497 e. The van der Waals surface area contributed by atoms with Crippen LogP contribution in [0.5, 0.6) is 5.75 Å². The van der Waals surface area contributed by atoms with Crippen LogP contribution in [0.4, 0.5) is 5.69 Å².